The maximum Gasteiger partial charge on any atom is 0.294 e. The third kappa shape index (κ3) is 5.51. The predicted octanol–water partition coefficient (Wildman–Crippen LogP) is 4.95. The smallest absolute Gasteiger partial charge is 0.294 e. The van der Waals surface area contributed by atoms with E-state index in [4.69, 9.17) is 18.6 Å². The topological polar surface area (TPSA) is 107 Å². The molecule has 0 radical (unpaired) electrons. The van der Waals surface area contributed by atoms with E-state index in [9.17, 15) is 14.4 Å². The van der Waals surface area contributed by atoms with Gasteiger partial charge in [-0.2, -0.15) is 0 Å². The second-order valence-corrected chi connectivity index (χ2v) is 9.11. The van der Waals surface area contributed by atoms with Crippen LogP contribution in [0.25, 0.3) is 0 Å². The molecule has 200 valence electrons. The number of hydrogen-bond acceptors (Lipinski definition) is 7. The number of nitrogens with zero attached hydrogens (tertiary/aromatic N) is 1. The lowest BCUT2D eigenvalue weighted by molar-refractivity contribution is -0.123. The summed E-state index contributed by atoms with van der Waals surface area (Å²) in [6.07, 6.45) is 5.19. The van der Waals surface area contributed by atoms with Crippen molar-refractivity contribution in [2.45, 2.75) is 44.7 Å². The van der Waals surface area contributed by atoms with Gasteiger partial charge in [-0.1, -0.05) is 12.8 Å². The second-order valence-electron chi connectivity index (χ2n) is 9.11. The molecule has 1 aliphatic rings. The van der Waals surface area contributed by atoms with Crippen LogP contribution in [0.3, 0.4) is 0 Å². The van der Waals surface area contributed by atoms with E-state index in [0.717, 1.165) is 25.7 Å². The molecular formula is C29H32N2O7. The Kier molecular flexibility index (Phi) is 8.35. The Balaban J connectivity index is 1.90. The molecule has 1 heterocycles. The predicted molar refractivity (Wildman–Crippen MR) is 141 cm³/mol. The number of carbonyl (C=O) groups excluding carboxylic acids is 3. The number of ether oxygens (including phenoxy) is 3. The number of carbonyl (C=O) groups is 3. The van der Waals surface area contributed by atoms with Crippen molar-refractivity contribution in [3.8, 4) is 17.2 Å². The van der Waals surface area contributed by atoms with Crippen molar-refractivity contribution in [3.05, 3.63) is 71.7 Å². The number of Topliss-reactive ketones (excluding diaryl/α,β-unsaturated/α-hetero) is 1. The highest BCUT2D eigenvalue weighted by molar-refractivity contribution is 6.09. The van der Waals surface area contributed by atoms with E-state index in [0.29, 0.717) is 34.1 Å². The molecule has 1 atom stereocenters. The lowest BCUT2D eigenvalue weighted by Gasteiger charge is -2.32. The van der Waals surface area contributed by atoms with Crippen LogP contribution in [0.4, 0.5) is 5.69 Å². The summed E-state index contributed by atoms with van der Waals surface area (Å²) in [7, 11) is 4.47. The maximum atomic E-state index is 14.0. The van der Waals surface area contributed by atoms with Crippen LogP contribution in [0.1, 0.15) is 65.1 Å². The molecule has 0 spiro atoms. The van der Waals surface area contributed by atoms with Crippen molar-refractivity contribution in [1.29, 1.82) is 0 Å². The number of rotatable bonds is 10. The third-order valence-corrected chi connectivity index (χ3v) is 6.71. The minimum atomic E-state index is -1.12. The Labute approximate surface area is 221 Å². The van der Waals surface area contributed by atoms with E-state index >= 15 is 0 Å². The van der Waals surface area contributed by atoms with Crippen LogP contribution >= 0.6 is 0 Å². The Morgan fingerprint density at radius 1 is 0.947 bits per heavy atom. The van der Waals surface area contributed by atoms with E-state index in [1.165, 1.54) is 39.4 Å². The van der Waals surface area contributed by atoms with Crippen LogP contribution in [0, 0.1) is 0 Å². The Bertz CT molecular complexity index is 1250. The number of methoxy groups -OCH3 is 3. The van der Waals surface area contributed by atoms with Gasteiger partial charge in [0.2, 0.25) is 11.7 Å². The molecule has 9 nitrogen and oxygen atoms in total. The highest BCUT2D eigenvalue weighted by Gasteiger charge is 2.37. The van der Waals surface area contributed by atoms with Gasteiger partial charge in [-0.3, -0.25) is 19.3 Å². The van der Waals surface area contributed by atoms with E-state index in [1.807, 2.05) is 0 Å². The summed E-state index contributed by atoms with van der Waals surface area (Å²) in [5.41, 5.74) is 1.35. The zero-order valence-corrected chi connectivity index (χ0v) is 22.0. The molecule has 38 heavy (non-hydrogen) atoms. The van der Waals surface area contributed by atoms with Crippen molar-refractivity contribution in [3.63, 3.8) is 0 Å². The summed E-state index contributed by atoms with van der Waals surface area (Å²) in [4.78, 5) is 41.2. The maximum absolute atomic E-state index is 14.0. The first-order chi connectivity index (χ1) is 18.4. The summed E-state index contributed by atoms with van der Waals surface area (Å²) in [5, 5.41) is 3.13. The fraction of sp³-hybridized carbons (Fsp3) is 0.345. The van der Waals surface area contributed by atoms with Crippen molar-refractivity contribution in [2.24, 2.45) is 0 Å². The van der Waals surface area contributed by atoms with Crippen LogP contribution in [-0.4, -0.2) is 45.0 Å². The number of furan rings is 1. The summed E-state index contributed by atoms with van der Waals surface area (Å²) in [6, 6.07) is 11.9. The summed E-state index contributed by atoms with van der Waals surface area (Å²) >= 11 is 0. The number of benzene rings is 2. The zero-order valence-electron chi connectivity index (χ0n) is 22.0. The first-order valence-corrected chi connectivity index (χ1v) is 12.5. The highest BCUT2D eigenvalue weighted by Crippen LogP contribution is 2.42. The SMILES string of the molecule is COc1cc([C@@H](C(=O)NC2CCCC2)N(C(=O)c2ccco2)c2ccc(C(C)=O)cc2)cc(OC)c1OC. The third-order valence-electron chi connectivity index (χ3n) is 6.71. The fourth-order valence-corrected chi connectivity index (χ4v) is 4.79. The molecule has 9 heteroatoms. The number of ketones is 1. The monoisotopic (exact) mass is 520 g/mol. The Morgan fingerprint density at radius 2 is 1.58 bits per heavy atom. The first-order valence-electron chi connectivity index (χ1n) is 12.5. The van der Waals surface area contributed by atoms with Gasteiger partial charge in [-0.15, -0.1) is 0 Å². The van der Waals surface area contributed by atoms with Gasteiger partial charge in [0.05, 0.1) is 27.6 Å². The Morgan fingerprint density at radius 3 is 2.08 bits per heavy atom. The molecule has 4 rings (SSSR count). The van der Waals surface area contributed by atoms with Gasteiger partial charge in [0.25, 0.3) is 5.91 Å². The molecule has 1 N–H and O–H groups in total. The largest absolute Gasteiger partial charge is 0.493 e. The van der Waals surface area contributed by atoms with Crippen molar-refractivity contribution in [1.82, 2.24) is 5.32 Å². The standard InChI is InChI=1S/C29H32N2O7/c1-18(32)19-11-13-22(14-12-19)31(29(34)23-10-7-15-38-23)26(28(33)30-21-8-5-6-9-21)20-16-24(35-2)27(37-4)25(17-20)36-3/h7,10-17,21,26H,5-6,8-9H2,1-4H3,(H,30,33)/t26-/m0/s1. The molecular weight excluding hydrogens is 488 g/mol. The quantitative estimate of drug-likeness (QED) is 0.377. The van der Waals surface area contributed by atoms with Gasteiger partial charge in [0.1, 0.15) is 6.04 Å². The molecule has 1 saturated carbocycles. The van der Waals surface area contributed by atoms with Gasteiger partial charge in [0.15, 0.2) is 23.0 Å². The summed E-state index contributed by atoms with van der Waals surface area (Å²) in [6.45, 7) is 1.47. The van der Waals surface area contributed by atoms with Crippen LogP contribution in [0.15, 0.2) is 59.2 Å². The zero-order chi connectivity index (χ0) is 27.2. The molecule has 0 bridgehead atoms. The highest BCUT2D eigenvalue weighted by atomic mass is 16.5. The number of anilines is 1. The average Bonchev–Trinajstić information content (AvgIpc) is 3.65. The van der Waals surface area contributed by atoms with Gasteiger partial charge in [-0.25, -0.2) is 0 Å². The minimum absolute atomic E-state index is 0.00712. The molecule has 1 aromatic heterocycles. The first kappa shape index (κ1) is 26.8. The summed E-state index contributed by atoms with van der Waals surface area (Å²) in [5.74, 6) is 0.124. The van der Waals surface area contributed by atoms with E-state index in [-0.39, 0.29) is 23.5 Å². The van der Waals surface area contributed by atoms with E-state index < -0.39 is 11.9 Å². The van der Waals surface area contributed by atoms with Crippen molar-refractivity contribution >= 4 is 23.3 Å². The summed E-state index contributed by atoms with van der Waals surface area (Å²) < 4.78 is 22.0. The van der Waals surface area contributed by atoms with Gasteiger partial charge in [0, 0.05) is 17.3 Å². The lowest BCUT2D eigenvalue weighted by Crippen LogP contribution is -2.46. The van der Waals surface area contributed by atoms with Crippen LogP contribution < -0.4 is 24.4 Å². The molecule has 2 amide bonds. The van der Waals surface area contributed by atoms with Crippen LogP contribution in [0.2, 0.25) is 0 Å². The number of amides is 2. The molecule has 1 fully saturated rings. The average molecular weight is 521 g/mol. The molecule has 2 aromatic carbocycles. The van der Waals surface area contributed by atoms with E-state index in [1.54, 1.807) is 48.5 Å². The number of nitrogens with one attached hydrogen (secondary N) is 1. The van der Waals surface area contributed by atoms with Crippen molar-refractivity contribution < 1.29 is 33.0 Å². The normalized spacial score (nSPS) is 14.0. The molecule has 0 unspecified atom stereocenters. The minimum Gasteiger partial charge on any atom is -0.493 e. The molecule has 3 aromatic rings. The Hall–Kier alpha value is -4.27. The van der Waals surface area contributed by atoms with Gasteiger partial charge >= 0.3 is 0 Å². The number of hydrogen-bond donors (Lipinski definition) is 1. The van der Waals surface area contributed by atoms with Crippen LogP contribution in [0.5, 0.6) is 17.2 Å². The van der Waals surface area contributed by atoms with Gasteiger partial charge < -0.3 is 23.9 Å². The van der Waals surface area contributed by atoms with E-state index in [2.05, 4.69) is 5.32 Å². The lowest BCUT2D eigenvalue weighted by atomic mass is 10.00. The second kappa shape index (κ2) is 11.9. The van der Waals surface area contributed by atoms with Gasteiger partial charge in [-0.05, 0) is 73.9 Å². The molecule has 1 aliphatic carbocycles. The molecule has 0 aliphatic heterocycles. The fourth-order valence-electron chi connectivity index (χ4n) is 4.79. The molecule has 0 saturated heterocycles. The van der Waals surface area contributed by atoms with Crippen LogP contribution in [-0.2, 0) is 4.79 Å². The van der Waals surface area contributed by atoms with Crippen molar-refractivity contribution in [2.75, 3.05) is 26.2 Å².